The number of rotatable bonds is 4. The highest BCUT2D eigenvalue weighted by molar-refractivity contribution is 7.14. The molecule has 0 saturated carbocycles. The minimum Gasteiger partial charge on any atom is -0.353 e. The van der Waals surface area contributed by atoms with E-state index in [1.807, 2.05) is 18.2 Å². The van der Waals surface area contributed by atoms with Crippen LogP contribution in [-0.4, -0.2) is 18.7 Å². The fourth-order valence-corrected chi connectivity index (χ4v) is 1.66. The van der Waals surface area contributed by atoms with Crippen LogP contribution in [0.15, 0.2) is 18.2 Å². The molecule has 0 unspecified atom stereocenters. The van der Waals surface area contributed by atoms with Gasteiger partial charge in [-0.3, -0.25) is 9.59 Å². The van der Waals surface area contributed by atoms with Crippen LogP contribution in [0.25, 0.3) is 6.08 Å². The Morgan fingerprint density at radius 3 is 2.79 bits per heavy atom. The van der Waals surface area contributed by atoms with Crippen LogP contribution in [0.2, 0.25) is 0 Å². The van der Waals surface area contributed by atoms with E-state index in [0.717, 1.165) is 11.2 Å². The maximum atomic E-state index is 10.5. The number of aldehydes is 1. The fourth-order valence-electron chi connectivity index (χ4n) is 0.899. The lowest BCUT2D eigenvalue weighted by Crippen LogP contribution is -2.19. The minimum absolute atomic E-state index is 0.0468. The largest absolute Gasteiger partial charge is 0.353 e. The van der Waals surface area contributed by atoms with Crippen molar-refractivity contribution in [3.63, 3.8) is 0 Å². The Morgan fingerprint density at radius 1 is 1.50 bits per heavy atom. The van der Waals surface area contributed by atoms with Crippen molar-refractivity contribution in [1.29, 1.82) is 0 Å². The molecule has 74 valence electrons. The molecule has 1 heterocycles. The Bertz CT molecular complexity index is 355. The molecule has 0 atom stereocenters. The monoisotopic (exact) mass is 209 g/mol. The molecule has 1 aromatic rings. The van der Waals surface area contributed by atoms with Gasteiger partial charge in [0.1, 0.15) is 0 Å². The first kappa shape index (κ1) is 10.7. The molecule has 4 heteroatoms. The molecule has 1 N–H and O–H groups in total. The van der Waals surface area contributed by atoms with E-state index in [1.54, 1.807) is 6.07 Å². The van der Waals surface area contributed by atoms with Crippen molar-refractivity contribution in [2.75, 3.05) is 6.54 Å². The first-order valence-corrected chi connectivity index (χ1v) is 5.00. The summed E-state index contributed by atoms with van der Waals surface area (Å²) in [6.45, 7) is 1.99. The summed E-state index contributed by atoms with van der Waals surface area (Å²) in [5.41, 5.74) is 0. The summed E-state index contributed by atoms with van der Waals surface area (Å²) in [5.74, 6) is -0.0468. The van der Waals surface area contributed by atoms with Gasteiger partial charge >= 0.3 is 0 Å². The highest BCUT2D eigenvalue weighted by Crippen LogP contribution is 2.15. The summed E-state index contributed by atoms with van der Waals surface area (Å²) >= 11 is 1.42. The number of hydrogen-bond donors (Lipinski definition) is 1. The number of carbonyl (C=O) groups excluding carboxylic acids is 2. The molecular weight excluding hydrogens is 198 g/mol. The average Bonchev–Trinajstić information content (AvgIpc) is 2.60. The van der Waals surface area contributed by atoms with Crippen LogP contribution in [-0.2, 0) is 4.79 Å². The van der Waals surface area contributed by atoms with E-state index in [9.17, 15) is 9.59 Å². The van der Waals surface area contributed by atoms with Gasteiger partial charge < -0.3 is 5.32 Å². The Morgan fingerprint density at radius 2 is 2.21 bits per heavy atom. The molecule has 0 aliphatic heterocycles. The van der Waals surface area contributed by atoms with Crippen LogP contribution in [0, 0.1) is 0 Å². The smallest absolute Gasteiger partial charge is 0.217 e. The number of thiophene rings is 1. The average molecular weight is 209 g/mol. The van der Waals surface area contributed by atoms with E-state index < -0.39 is 0 Å². The van der Waals surface area contributed by atoms with Crippen molar-refractivity contribution in [1.82, 2.24) is 5.32 Å². The Balaban J connectivity index is 2.43. The van der Waals surface area contributed by atoms with Crippen molar-refractivity contribution >= 4 is 29.6 Å². The second-order valence-corrected chi connectivity index (χ2v) is 3.84. The molecule has 0 aliphatic rings. The van der Waals surface area contributed by atoms with E-state index in [-0.39, 0.29) is 5.91 Å². The summed E-state index contributed by atoms with van der Waals surface area (Å²) in [5, 5.41) is 2.65. The SMILES string of the molecule is CC(=O)NCC=Cc1ccc(C=O)s1. The fraction of sp³-hybridized carbons (Fsp3) is 0.200. The van der Waals surface area contributed by atoms with E-state index in [0.29, 0.717) is 11.4 Å². The molecule has 14 heavy (non-hydrogen) atoms. The predicted molar refractivity (Wildman–Crippen MR) is 57.4 cm³/mol. The topological polar surface area (TPSA) is 46.2 Å². The zero-order valence-corrected chi connectivity index (χ0v) is 8.64. The second-order valence-electron chi connectivity index (χ2n) is 2.70. The molecule has 0 saturated heterocycles. The molecular formula is C10H11NO2S. The van der Waals surface area contributed by atoms with Crippen molar-refractivity contribution in [2.45, 2.75) is 6.92 Å². The van der Waals surface area contributed by atoms with Gasteiger partial charge in [0, 0.05) is 18.3 Å². The number of nitrogens with one attached hydrogen (secondary N) is 1. The van der Waals surface area contributed by atoms with E-state index >= 15 is 0 Å². The second kappa shape index (κ2) is 5.34. The molecule has 0 bridgehead atoms. The van der Waals surface area contributed by atoms with Gasteiger partial charge in [-0.25, -0.2) is 0 Å². The molecule has 0 radical (unpaired) electrons. The van der Waals surface area contributed by atoms with Gasteiger partial charge in [-0.1, -0.05) is 6.08 Å². The molecule has 1 aromatic heterocycles. The van der Waals surface area contributed by atoms with Crippen LogP contribution in [0.1, 0.15) is 21.5 Å². The number of amides is 1. The Kier molecular flexibility index (Phi) is 4.07. The highest BCUT2D eigenvalue weighted by Gasteiger charge is 1.94. The first-order chi connectivity index (χ1) is 6.72. The maximum absolute atomic E-state index is 10.5. The van der Waals surface area contributed by atoms with Crippen molar-refractivity contribution in [3.05, 3.63) is 28.0 Å². The van der Waals surface area contributed by atoms with Crippen LogP contribution in [0.5, 0.6) is 0 Å². The summed E-state index contributed by atoms with van der Waals surface area (Å²) in [4.78, 5) is 22.6. The standard InChI is InChI=1S/C10H11NO2S/c1-8(13)11-6-2-3-9-4-5-10(7-12)14-9/h2-5,7H,6H2,1H3,(H,11,13). The van der Waals surface area contributed by atoms with Crippen LogP contribution < -0.4 is 5.32 Å². The summed E-state index contributed by atoms with van der Waals surface area (Å²) in [6, 6.07) is 3.65. The third kappa shape index (κ3) is 3.53. The maximum Gasteiger partial charge on any atom is 0.217 e. The van der Waals surface area contributed by atoms with Gasteiger partial charge in [0.05, 0.1) is 4.88 Å². The Labute approximate surface area is 86.4 Å². The first-order valence-electron chi connectivity index (χ1n) is 4.18. The van der Waals surface area contributed by atoms with E-state index in [2.05, 4.69) is 5.32 Å². The van der Waals surface area contributed by atoms with Crippen molar-refractivity contribution < 1.29 is 9.59 Å². The lowest BCUT2D eigenvalue weighted by Gasteiger charge is -1.93. The van der Waals surface area contributed by atoms with Crippen molar-refractivity contribution in [3.8, 4) is 0 Å². The molecule has 3 nitrogen and oxygen atoms in total. The molecule has 1 rings (SSSR count). The lowest BCUT2D eigenvalue weighted by molar-refractivity contribution is -0.118. The van der Waals surface area contributed by atoms with Gasteiger partial charge in [-0.2, -0.15) is 0 Å². The van der Waals surface area contributed by atoms with Gasteiger partial charge in [0.2, 0.25) is 5.91 Å². The Hall–Kier alpha value is -1.42. The molecule has 0 spiro atoms. The van der Waals surface area contributed by atoms with Gasteiger partial charge in [0.15, 0.2) is 6.29 Å². The van der Waals surface area contributed by atoms with Gasteiger partial charge in [0.25, 0.3) is 0 Å². The highest BCUT2D eigenvalue weighted by atomic mass is 32.1. The van der Waals surface area contributed by atoms with E-state index in [4.69, 9.17) is 0 Å². The van der Waals surface area contributed by atoms with Gasteiger partial charge in [-0.15, -0.1) is 11.3 Å². The van der Waals surface area contributed by atoms with Gasteiger partial charge in [-0.05, 0) is 18.2 Å². The number of carbonyl (C=O) groups is 2. The summed E-state index contributed by atoms with van der Waals surface area (Å²) < 4.78 is 0. The summed E-state index contributed by atoms with van der Waals surface area (Å²) in [6.07, 6.45) is 4.56. The third-order valence-electron chi connectivity index (χ3n) is 1.51. The van der Waals surface area contributed by atoms with Crippen LogP contribution >= 0.6 is 11.3 Å². The molecule has 0 aromatic carbocycles. The third-order valence-corrected chi connectivity index (χ3v) is 2.49. The minimum atomic E-state index is -0.0468. The predicted octanol–water partition coefficient (Wildman–Crippen LogP) is 1.71. The van der Waals surface area contributed by atoms with E-state index in [1.165, 1.54) is 18.3 Å². The zero-order chi connectivity index (χ0) is 10.4. The van der Waals surface area contributed by atoms with Crippen LogP contribution in [0.3, 0.4) is 0 Å². The van der Waals surface area contributed by atoms with Crippen LogP contribution in [0.4, 0.5) is 0 Å². The molecule has 0 aliphatic carbocycles. The van der Waals surface area contributed by atoms with Crippen molar-refractivity contribution in [2.24, 2.45) is 0 Å². The molecule has 1 amide bonds. The normalized spacial score (nSPS) is 10.4. The quantitative estimate of drug-likeness (QED) is 0.767. The molecule has 0 fully saturated rings. The number of hydrogen-bond acceptors (Lipinski definition) is 3. The summed E-state index contributed by atoms with van der Waals surface area (Å²) in [7, 11) is 0. The lowest BCUT2D eigenvalue weighted by atomic mass is 10.4. The zero-order valence-electron chi connectivity index (χ0n) is 7.82.